The van der Waals surface area contributed by atoms with Crippen molar-refractivity contribution in [2.24, 2.45) is 0 Å². The van der Waals surface area contributed by atoms with Gasteiger partial charge < -0.3 is 15.0 Å². The van der Waals surface area contributed by atoms with Crippen molar-refractivity contribution in [3.05, 3.63) is 66.4 Å². The highest BCUT2D eigenvalue weighted by Crippen LogP contribution is 2.13. The van der Waals surface area contributed by atoms with E-state index < -0.39 is 0 Å². The van der Waals surface area contributed by atoms with Crippen molar-refractivity contribution < 1.29 is 4.79 Å². The van der Waals surface area contributed by atoms with Crippen LogP contribution in [0.25, 0.3) is 5.65 Å². The number of fused-ring (bicyclic) bond motifs is 1. The molecule has 0 radical (unpaired) electrons. The van der Waals surface area contributed by atoms with Gasteiger partial charge in [0.2, 0.25) is 0 Å². The molecule has 146 valence electrons. The Bertz CT molecular complexity index is 868. The predicted molar refractivity (Wildman–Crippen MR) is 108 cm³/mol. The van der Waals surface area contributed by atoms with Crippen molar-refractivity contribution in [3.63, 3.8) is 0 Å². The Labute approximate surface area is 164 Å². The van der Waals surface area contributed by atoms with Gasteiger partial charge >= 0.3 is 6.03 Å². The number of nitrogens with one attached hydrogen (secondary N) is 2. The minimum Gasteiger partial charge on any atom is -0.338 e. The molecule has 2 amide bonds. The van der Waals surface area contributed by atoms with Crippen molar-refractivity contribution in [2.45, 2.75) is 31.8 Å². The topological polar surface area (TPSA) is 74.6 Å². The van der Waals surface area contributed by atoms with Crippen LogP contribution in [0.1, 0.15) is 24.2 Å². The maximum absolute atomic E-state index is 12.2. The molecule has 4 rings (SSSR count). The fraction of sp³-hybridized carbons (Fsp3) is 0.381. The molecule has 0 aliphatic carbocycles. The zero-order chi connectivity index (χ0) is 19.2. The van der Waals surface area contributed by atoms with Crippen LogP contribution in [0.3, 0.4) is 0 Å². The molecule has 0 saturated carbocycles. The van der Waals surface area contributed by atoms with Gasteiger partial charge in [-0.3, -0.25) is 9.88 Å². The summed E-state index contributed by atoms with van der Waals surface area (Å²) in [5, 5.41) is 6.05. The van der Waals surface area contributed by atoms with Gasteiger partial charge in [-0.15, -0.1) is 0 Å². The monoisotopic (exact) mass is 378 g/mol. The average Bonchev–Trinajstić information content (AvgIpc) is 3.13. The lowest BCUT2D eigenvalue weighted by molar-refractivity contribution is 0.185. The first-order valence-corrected chi connectivity index (χ1v) is 9.85. The molecule has 7 heteroatoms. The van der Waals surface area contributed by atoms with Crippen LogP contribution in [0.15, 0.2) is 55.0 Å². The summed E-state index contributed by atoms with van der Waals surface area (Å²) in [4.78, 5) is 23.5. The molecule has 1 aliphatic heterocycles. The first-order chi connectivity index (χ1) is 13.8. The third-order valence-corrected chi connectivity index (χ3v) is 5.12. The summed E-state index contributed by atoms with van der Waals surface area (Å²) in [6.45, 7) is 3.40. The molecule has 0 atom stereocenters. The zero-order valence-electron chi connectivity index (χ0n) is 15.9. The van der Waals surface area contributed by atoms with E-state index >= 15 is 0 Å². The Morgan fingerprint density at radius 3 is 2.75 bits per heavy atom. The van der Waals surface area contributed by atoms with Crippen LogP contribution < -0.4 is 10.6 Å². The van der Waals surface area contributed by atoms with Crippen LogP contribution in [0.5, 0.6) is 0 Å². The van der Waals surface area contributed by atoms with Gasteiger partial charge in [-0.2, -0.15) is 0 Å². The molecule has 0 aromatic carbocycles. The fourth-order valence-corrected chi connectivity index (χ4v) is 3.60. The summed E-state index contributed by atoms with van der Waals surface area (Å²) < 4.78 is 1.99. The molecule has 0 spiro atoms. The molecule has 3 aromatic heterocycles. The van der Waals surface area contributed by atoms with E-state index in [0.717, 1.165) is 55.9 Å². The van der Waals surface area contributed by atoms with Crippen molar-refractivity contribution in [2.75, 3.05) is 19.6 Å². The van der Waals surface area contributed by atoms with E-state index in [1.165, 1.54) is 0 Å². The second kappa shape index (κ2) is 8.84. The smallest absolute Gasteiger partial charge is 0.315 e. The highest BCUT2D eigenvalue weighted by atomic mass is 16.2. The molecule has 4 heterocycles. The van der Waals surface area contributed by atoms with E-state index in [0.29, 0.717) is 6.54 Å². The highest BCUT2D eigenvalue weighted by molar-refractivity contribution is 5.74. The second-order valence-corrected chi connectivity index (χ2v) is 7.22. The summed E-state index contributed by atoms with van der Waals surface area (Å²) in [6, 6.07) is 12.1. The highest BCUT2D eigenvalue weighted by Gasteiger charge is 2.20. The largest absolute Gasteiger partial charge is 0.338 e. The van der Waals surface area contributed by atoms with Crippen molar-refractivity contribution in [1.82, 2.24) is 29.9 Å². The minimum absolute atomic E-state index is 0.0908. The number of carbonyl (C=O) groups excluding carboxylic acids is 1. The maximum Gasteiger partial charge on any atom is 0.315 e. The third kappa shape index (κ3) is 4.86. The first kappa shape index (κ1) is 18.4. The summed E-state index contributed by atoms with van der Waals surface area (Å²) in [5.74, 6) is 0. The maximum atomic E-state index is 12.2. The van der Waals surface area contributed by atoms with E-state index in [9.17, 15) is 4.79 Å². The number of urea groups is 1. The van der Waals surface area contributed by atoms with Gasteiger partial charge in [0.15, 0.2) is 0 Å². The van der Waals surface area contributed by atoms with E-state index in [2.05, 4.69) is 31.6 Å². The van der Waals surface area contributed by atoms with Crippen LogP contribution in [0.2, 0.25) is 0 Å². The SMILES string of the molecule is O=C(NCCc1cn2ccccc2n1)NC1CCN(Cc2ccccn2)CC1. The zero-order valence-corrected chi connectivity index (χ0v) is 15.9. The molecule has 1 fully saturated rings. The Balaban J connectivity index is 1.15. The number of likely N-dealkylation sites (tertiary alicyclic amines) is 1. The number of nitrogens with zero attached hydrogens (tertiary/aromatic N) is 4. The van der Waals surface area contributed by atoms with Crippen LogP contribution in [-0.4, -0.2) is 51.0 Å². The van der Waals surface area contributed by atoms with Gasteiger partial charge in [-0.1, -0.05) is 12.1 Å². The molecule has 2 N–H and O–H groups in total. The first-order valence-electron chi connectivity index (χ1n) is 9.85. The Kier molecular flexibility index (Phi) is 5.82. The number of rotatable bonds is 6. The van der Waals surface area contributed by atoms with E-state index in [1.807, 2.05) is 53.3 Å². The van der Waals surface area contributed by atoms with Gasteiger partial charge in [0.1, 0.15) is 5.65 Å². The number of pyridine rings is 2. The van der Waals surface area contributed by atoms with Gasteiger partial charge in [-0.25, -0.2) is 9.78 Å². The number of piperidine rings is 1. The number of imidazole rings is 1. The molecule has 28 heavy (non-hydrogen) atoms. The van der Waals surface area contributed by atoms with Crippen LogP contribution in [0, 0.1) is 0 Å². The van der Waals surface area contributed by atoms with Gasteiger partial charge in [0, 0.05) is 57.2 Å². The summed E-state index contributed by atoms with van der Waals surface area (Å²) in [7, 11) is 0. The molecule has 1 saturated heterocycles. The standard InChI is InChI=1S/C21H26N6O/c28-21(23-11-7-19-16-27-12-4-2-6-20(27)24-19)25-17-8-13-26(14-9-17)15-18-5-1-3-10-22-18/h1-6,10,12,16-17H,7-9,11,13-15H2,(H2,23,25,28). The lowest BCUT2D eigenvalue weighted by Crippen LogP contribution is -2.48. The molecule has 3 aromatic rings. The third-order valence-electron chi connectivity index (χ3n) is 5.12. The van der Waals surface area contributed by atoms with Gasteiger partial charge in [-0.05, 0) is 37.1 Å². The van der Waals surface area contributed by atoms with Crippen LogP contribution >= 0.6 is 0 Å². The van der Waals surface area contributed by atoms with Crippen LogP contribution in [-0.2, 0) is 13.0 Å². The molecule has 1 aliphatic rings. The Hall–Kier alpha value is -2.93. The van der Waals surface area contributed by atoms with Gasteiger partial charge in [0.25, 0.3) is 0 Å². The number of hydrogen-bond acceptors (Lipinski definition) is 4. The molecular formula is C21H26N6O. The van der Waals surface area contributed by atoms with E-state index in [4.69, 9.17) is 0 Å². The summed E-state index contributed by atoms with van der Waals surface area (Å²) in [6.07, 6.45) is 8.47. The molecule has 0 bridgehead atoms. The average molecular weight is 378 g/mol. The van der Waals surface area contributed by atoms with Crippen molar-refractivity contribution in [3.8, 4) is 0 Å². The normalized spacial score (nSPS) is 15.6. The molecule has 7 nitrogen and oxygen atoms in total. The summed E-state index contributed by atoms with van der Waals surface area (Å²) >= 11 is 0. The molecular weight excluding hydrogens is 352 g/mol. The lowest BCUT2D eigenvalue weighted by Gasteiger charge is -2.32. The van der Waals surface area contributed by atoms with E-state index in [-0.39, 0.29) is 12.1 Å². The molecule has 0 unspecified atom stereocenters. The minimum atomic E-state index is -0.0908. The van der Waals surface area contributed by atoms with Crippen molar-refractivity contribution in [1.29, 1.82) is 0 Å². The predicted octanol–water partition coefficient (Wildman–Crippen LogP) is 2.24. The quantitative estimate of drug-likeness (QED) is 0.690. The van der Waals surface area contributed by atoms with Gasteiger partial charge in [0.05, 0.1) is 11.4 Å². The van der Waals surface area contributed by atoms with E-state index in [1.54, 1.807) is 0 Å². The Morgan fingerprint density at radius 1 is 1.11 bits per heavy atom. The number of amides is 2. The number of aromatic nitrogens is 3. The lowest BCUT2D eigenvalue weighted by atomic mass is 10.1. The second-order valence-electron chi connectivity index (χ2n) is 7.22. The Morgan fingerprint density at radius 2 is 1.96 bits per heavy atom. The number of hydrogen-bond donors (Lipinski definition) is 2. The summed E-state index contributed by atoms with van der Waals surface area (Å²) in [5.41, 5.74) is 3.01. The van der Waals surface area contributed by atoms with Crippen LogP contribution in [0.4, 0.5) is 4.79 Å². The number of carbonyl (C=O) groups is 1. The van der Waals surface area contributed by atoms with Crippen molar-refractivity contribution >= 4 is 11.7 Å². The fourth-order valence-electron chi connectivity index (χ4n) is 3.60.